The number of nitrogens with zero attached hydrogens (tertiary/aromatic N) is 1. The molecular formula is C12H15FN2O6S. The van der Waals surface area contributed by atoms with Crippen LogP contribution in [0.25, 0.3) is 0 Å². The Balaban J connectivity index is 3.47. The Morgan fingerprint density at radius 3 is 2.36 bits per heavy atom. The van der Waals surface area contributed by atoms with Crippen molar-refractivity contribution in [2.45, 2.75) is 31.0 Å². The lowest BCUT2D eigenvalue weighted by molar-refractivity contribution is -0.387. The topological polar surface area (TPSA) is 127 Å². The van der Waals surface area contributed by atoms with Crippen LogP contribution in [0.15, 0.2) is 23.1 Å². The van der Waals surface area contributed by atoms with Crippen LogP contribution < -0.4 is 5.32 Å². The molecule has 0 aromatic heterocycles. The molecule has 1 aromatic rings. The minimum absolute atomic E-state index is 0.533. The van der Waals surface area contributed by atoms with Gasteiger partial charge < -0.3 is 10.4 Å². The number of benzene rings is 1. The van der Waals surface area contributed by atoms with Crippen LogP contribution in [0.4, 0.5) is 14.9 Å². The van der Waals surface area contributed by atoms with Crippen molar-refractivity contribution < 1.29 is 27.6 Å². The zero-order valence-corrected chi connectivity index (χ0v) is 12.8. The summed E-state index contributed by atoms with van der Waals surface area (Å²) < 4.78 is 38.4. The molecule has 0 spiro atoms. The van der Waals surface area contributed by atoms with E-state index in [4.69, 9.17) is 5.11 Å². The molecule has 2 N–H and O–H groups in total. The molecule has 1 aromatic carbocycles. The summed E-state index contributed by atoms with van der Waals surface area (Å²) in [5.41, 5.74) is -2.02. The van der Waals surface area contributed by atoms with E-state index in [0.717, 1.165) is 6.07 Å². The van der Waals surface area contributed by atoms with Gasteiger partial charge in [-0.05, 0) is 17.5 Å². The highest BCUT2D eigenvalue weighted by Crippen LogP contribution is 2.31. The number of amides is 1. The van der Waals surface area contributed by atoms with Gasteiger partial charge in [-0.1, -0.05) is 20.8 Å². The third-order valence-corrected chi connectivity index (χ3v) is 5.15. The van der Waals surface area contributed by atoms with Crippen LogP contribution in [0.2, 0.25) is 0 Å². The number of hydrogen-bond donors (Lipinski definition) is 2. The third-order valence-electron chi connectivity index (χ3n) is 2.79. The predicted molar refractivity (Wildman–Crippen MR) is 74.6 cm³/mol. The molecule has 8 nitrogen and oxygen atoms in total. The van der Waals surface area contributed by atoms with Crippen LogP contribution in [0.1, 0.15) is 20.8 Å². The number of hydrogen-bond acceptors (Lipinski definition) is 5. The van der Waals surface area contributed by atoms with Gasteiger partial charge in [-0.25, -0.2) is 13.2 Å². The van der Waals surface area contributed by atoms with E-state index in [2.05, 4.69) is 0 Å². The van der Waals surface area contributed by atoms with Crippen molar-refractivity contribution in [3.63, 3.8) is 0 Å². The van der Waals surface area contributed by atoms with Crippen molar-refractivity contribution in [2.75, 3.05) is 0 Å². The summed E-state index contributed by atoms with van der Waals surface area (Å²) in [6.07, 6.45) is -1.56. The number of carboxylic acid groups (broad SMARTS) is 1. The Kier molecular flexibility index (Phi) is 4.76. The number of sulfone groups is 1. The lowest BCUT2D eigenvalue weighted by Gasteiger charge is -2.29. The Morgan fingerprint density at radius 1 is 1.41 bits per heavy atom. The molecule has 0 radical (unpaired) electrons. The first-order valence-electron chi connectivity index (χ1n) is 6.04. The van der Waals surface area contributed by atoms with E-state index in [9.17, 15) is 27.7 Å². The molecule has 0 saturated heterocycles. The molecule has 0 bridgehead atoms. The van der Waals surface area contributed by atoms with Crippen LogP contribution in [0.3, 0.4) is 0 Å². The molecule has 0 aliphatic heterocycles. The first-order valence-corrected chi connectivity index (χ1v) is 7.59. The van der Waals surface area contributed by atoms with E-state index >= 15 is 0 Å². The zero-order chi connectivity index (χ0) is 17.3. The lowest BCUT2D eigenvalue weighted by atomic mass is 9.96. The molecule has 22 heavy (non-hydrogen) atoms. The minimum Gasteiger partial charge on any atom is -0.465 e. The summed E-state index contributed by atoms with van der Waals surface area (Å²) >= 11 is 0. The van der Waals surface area contributed by atoms with E-state index in [1.54, 1.807) is 0 Å². The highest BCUT2D eigenvalue weighted by atomic mass is 32.2. The van der Waals surface area contributed by atoms with Crippen molar-refractivity contribution in [3.05, 3.63) is 34.1 Å². The average molecular weight is 334 g/mol. The van der Waals surface area contributed by atoms with Crippen LogP contribution in [-0.2, 0) is 9.84 Å². The summed E-state index contributed by atoms with van der Waals surface area (Å²) in [5, 5.41) is 19.8. The van der Waals surface area contributed by atoms with Crippen LogP contribution in [0, 0.1) is 21.3 Å². The van der Waals surface area contributed by atoms with E-state index < -0.39 is 48.0 Å². The highest BCUT2D eigenvalue weighted by molar-refractivity contribution is 7.92. The maximum absolute atomic E-state index is 13.3. The fraction of sp³-hybridized carbons (Fsp3) is 0.417. The molecule has 1 amide bonds. The molecule has 10 heteroatoms. The van der Waals surface area contributed by atoms with Crippen LogP contribution in [-0.4, -0.2) is 29.9 Å². The first kappa shape index (κ1) is 17.8. The van der Waals surface area contributed by atoms with Gasteiger partial charge in [0.15, 0.2) is 9.84 Å². The zero-order valence-electron chi connectivity index (χ0n) is 12.0. The molecule has 1 unspecified atom stereocenters. The highest BCUT2D eigenvalue weighted by Gasteiger charge is 2.39. The van der Waals surface area contributed by atoms with Crippen LogP contribution >= 0.6 is 0 Å². The second kappa shape index (κ2) is 5.87. The van der Waals surface area contributed by atoms with Crippen molar-refractivity contribution in [2.24, 2.45) is 5.41 Å². The van der Waals surface area contributed by atoms with Crippen molar-refractivity contribution >= 4 is 21.6 Å². The largest absolute Gasteiger partial charge is 0.465 e. The number of nitro benzene ring substituents is 1. The summed E-state index contributed by atoms with van der Waals surface area (Å²) in [4.78, 5) is 19.9. The standard InChI is InChI=1S/C12H15FN2O6S/c1-12(2,3)10(14-11(16)17)22(20,21)7-4-5-8(13)9(6-7)15(18)19/h4-6,10,14H,1-3H3,(H,16,17). The Bertz CT molecular complexity index is 711. The summed E-state index contributed by atoms with van der Waals surface area (Å²) in [6, 6.07) is 2.10. The predicted octanol–water partition coefficient (Wildman–Crippen LogP) is 2.15. The van der Waals surface area contributed by atoms with E-state index in [1.165, 1.54) is 20.8 Å². The lowest BCUT2D eigenvalue weighted by Crippen LogP contribution is -2.48. The third kappa shape index (κ3) is 3.70. The Morgan fingerprint density at radius 2 is 1.95 bits per heavy atom. The first-order chi connectivity index (χ1) is 9.87. The van der Waals surface area contributed by atoms with Gasteiger partial charge in [-0.3, -0.25) is 10.1 Å². The maximum Gasteiger partial charge on any atom is 0.405 e. The second-order valence-electron chi connectivity index (χ2n) is 5.61. The summed E-state index contributed by atoms with van der Waals surface area (Å²) in [7, 11) is -4.29. The number of carbonyl (C=O) groups is 1. The number of rotatable bonds is 4. The fourth-order valence-corrected chi connectivity index (χ4v) is 3.81. The molecule has 0 fully saturated rings. The van der Waals surface area contributed by atoms with Gasteiger partial charge in [0.2, 0.25) is 5.82 Å². The van der Waals surface area contributed by atoms with E-state index in [1.807, 2.05) is 5.32 Å². The molecule has 0 aliphatic carbocycles. The summed E-state index contributed by atoms with van der Waals surface area (Å²) in [6.45, 7) is 4.47. The molecule has 0 heterocycles. The molecule has 0 saturated carbocycles. The van der Waals surface area contributed by atoms with Crippen molar-refractivity contribution in [1.82, 2.24) is 5.32 Å². The van der Waals surface area contributed by atoms with Gasteiger partial charge in [-0.15, -0.1) is 0 Å². The van der Waals surface area contributed by atoms with Crippen molar-refractivity contribution in [3.8, 4) is 0 Å². The maximum atomic E-state index is 13.3. The normalized spacial score (nSPS) is 13.5. The monoisotopic (exact) mass is 334 g/mol. The molecular weight excluding hydrogens is 319 g/mol. The van der Waals surface area contributed by atoms with E-state index in [-0.39, 0.29) is 0 Å². The van der Waals surface area contributed by atoms with Crippen molar-refractivity contribution in [1.29, 1.82) is 0 Å². The minimum atomic E-state index is -4.29. The van der Waals surface area contributed by atoms with Gasteiger partial charge in [0, 0.05) is 6.07 Å². The smallest absolute Gasteiger partial charge is 0.405 e. The summed E-state index contributed by atoms with van der Waals surface area (Å²) in [5.74, 6) is -1.18. The average Bonchev–Trinajstić information content (AvgIpc) is 2.34. The Labute approximate surface area is 126 Å². The van der Waals surface area contributed by atoms with Gasteiger partial charge in [-0.2, -0.15) is 4.39 Å². The number of halogens is 1. The van der Waals surface area contributed by atoms with Gasteiger partial charge in [0.05, 0.1) is 9.82 Å². The van der Waals surface area contributed by atoms with Gasteiger partial charge >= 0.3 is 11.8 Å². The SMILES string of the molecule is CC(C)(C)C(NC(=O)O)S(=O)(=O)c1ccc(F)c([N+](=O)[O-])c1. The molecule has 0 aliphatic rings. The quantitative estimate of drug-likeness (QED) is 0.493. The van der Waals surface area contributed by atoms with Gasteiger partial charge in [0.1, 0.15) is 5.37 Å². The molecule has 1 atom stereocenters. The number of nitrogens with one attached hydrogen (secondary N) is 1. The fourth-order valence-electron chi connectivity index (χ4n) is 1.82. The number of nitro groups is 1. The van der Waals surface area contributed by atoms with E-state index in [0.29, 0.717) is 12.1 Å². The molecule has 122 valence electrons. The molecule has 1 rings (SSSR count). The van der Waals surface area contributed by atoms with Gasteiger partial charge in [0.25, 0.3) is 0 Å². The second-order valence-corrected chi connectivity index (χ2v) is 7.64. The Hall–Kier alpha value is -2.23. The van der Waals surface area contributed by atoms with Crippen LogP contribution in [0.5, 0.6) is 0 Å².